The van der Waals surface area contributed by atoms with Crippen LogP contribution < -0.4 is 10.6 Å². The summed E-state index contributed by atoms with van der Waals surface area (Å²) in [5, 5.41) is 7.94. The third-order valence-electron chi connectivity index (χ3n) is 6.24. The van der Waals surface area contributed by atoms with Gasteiger partial charge in [0.15, 0.2) is 5.96 Å². The number of aliphatic imine (C=N–C) groups is 1. The van der Waals surface area contributed by atoms with Crippen LogP contribution in [0.5, 0.6) is 0 Å². The Labute approximate surface area is 181 Å². The molecule has 2 N–H and O–H groups in total. The topological polar surface area (TPSA) is 48.9 Å². The molecule has 0 aromatic heterocycles. The highest BCUT2D eigenvalue weighted by Gasteiger charge is 2.34. The Kier molecular flexibility index (Phi) is 8.64. The predicted octanol–water partition coefficient (Wildman–Crippen LogP) is 3.82. The van der Waals surface area contributed by atoms with Gasteiger partial charge in [0.1, 0.15) is 0 Å². The molecule has 2 fully saturated rings. The Hall–Kier alpha value is -1.30. The lowest BCUT2D eigenvalue weighted by molar-refractivity contribution is 0.0531. The maximum Gasteiger partial charge on any atom is 0.191 e. The van der Waals surface area contributed by atoms with Crippen molar-refractivity contribution in [3.63, 3.8) is 0 Å². The summed E-state index contributed by atoms with van der Waals surface area (Å²) < 4.78 is 5.66. The highest BCUT2D eigenvalue weighted by Crippen LogP contribution is 2.36. The molecule has 0 amide bonds. The van der Waals surface area contributed by atoms with E-state index in [1.165, 1.54) is 44.5 Å². The van der Waals surface area contributed by atoms with Crippen LogP contribution in [-0.2, 0) is 10.2 Å². The quantitative estimate of drug-likeness (QED) is 0.520. The average Bonchev–Trinajstić information content (AvgIpc) is 2.74. The second kappa shape index (κ2) is 11.2. The molecule has 2 saturated heterocycles. The zero-order valence-corrected chi connectivity index (χ0v) is 18.8. The van der Waals surface area contributed by atoms with Crippen molar-refractivity contribution < 1.29 is 4.74 Å². The molecule has 162 valence electrons. The summed E-state index contributed by atoms with van der Waals surface area (Å²) in [6.07, 6.45) is 5.55. The van der Waals surface area contributed by atoms with Crippen molar-refractivity contribution in [3.05, 3.63) is 34.9 Å². The predicted molar refractivity (Wildman–Crippen MR) is 122 cm³/mol. The molecule has 2 aliphatic heterocycles. The molecule has 29 heavy (non-hydrogen) atoms. The number of nitrogens with zero attached hydrogens (tertiary/aromatic N) is 2. The molecule has 0 atom stereocenters. The van der Waals surface area contributed by atoms with Crippen LogP contribution in [0.4, 0.5) is 0 Å². The fourth-order valence-corrected chi connectivity index (χ4v) is 4.67. The normalized spacial score (nSPS) is 21.1. The van der Waals surface area contributed by atoms with E-state index in [4.69, 9.17) is 21.3 Å². The molecular formula is C23H37ClN4O. The summed E-state index contributed by atoms with van der Waals surface area (Å²) in [7, 11) is 0. The van der Waals surface area contributed by atoms with Gasteiger partial charge in [-0.15, -0.1) is 0 Å². The minimum atomic E-state index is -0.00398. The van der Waals surface area contributed by atoms with E-state index >= 15 is 0 Å². The van der Waals surface area contributed by atoms with Gasteiger partial charge in [-0.1, -0.05) is 30.7 Å². The monoisotopic (exact) mass is 420 g/mol. The molecule has 5 nitrogen and oxygen atoms in total. The highest BCUT2D eigenvalue weighted by atomic mass is 35.5. The molecular weight excluding hydrogens is 384 g/mol. The number of likely N-dealkylation sites (tertiary alicyclic amines) is 1. The van der Waals surface area contributed by atoms with Crippen molar-refractivity contribution >= 4 is 17.6 Å². The van der Waals surface area contributed by atoms with E-state index in [1.807, 2.05) is 12.1 Å². The molecule has 0 saturated carbocycles. The van der Waals surface area contributed by atoms with Crippen molar-refractivity contribution in [3.8, 4) is 0 Å². The van der Waals surface area contributed by atoms with Crippen molar-refractivity contribution in [2.45, 2.75) is 57.4 Å². The Bertz CT molecular complexity index is 652. The van der Waals surface area contributed by atoms with Gasteiger partial charge < -0.3 is 20.3 Å². The first kappa shape index (κ1) is 22.4. The lowest BCUT2D eigenvalue weighted by Gasteiger charge is -2.37. The number of guanidine groups is 1. The lowest BCUT2D eigenvalue weighted by atomic mass is 9.74. The Morgan fingerprint density at radius 3 is 2.66 bits per heavy atom. The van der Waals surface area contributed by atoms with Gasteiger partial charge in [0.2, 0.25) is 0 Å². The van der Waals surface area contributed by atoms with Gasteiger partial charge >= 0.3 is 0 Å². The van der Waals surface area contributed by atoms with Gasteiger partial charge in [0.05, 0.1) is 6.54 Å². The summed E-state index contributed by atoms with van der Waals surface area (Å²) >= 11 is 6.31. The minimum Gasteiger partial charge on any atom is -0.381 e. The van der Waals surface area contributed by atoms with Crippen LogP contribution in [0.25, 0.3) is 0 Å². The zero-order chi connectivity index (χ0) is 20.5. The largest absolute Gasteiger partial charge is 0.381 e. The SMILES string of the molecule is CCCN1CCC(NC(=NCC2(c3cccc(Cl)c3)CCOCC2)NCC)CC1. The van der Waals surface area contributed by atoms with E-state index < -0.39 is 0 Å². The third-order valence-corrected chi connectivity index (χ3v) is 6.47. The molecule has 1 aromatic rings. The van der Waals surface area contributed by atoms with Crippen molar-refractivity contribution in [2.24, 2.45) is 4.99 Å². The summed E-state index contributed by atoms with van der Waals surface area (Å²) in [5.41, 5.74) is 1.27. The molecule has 0 bridgehead atoms. The average molecular weight is 421 g/mol. The Morgan fingerprint density at radius 1 is 1.24 bits per heavy atom. The number of halogens is 1. The first-order chi connectivity index (χ1) is 14.1. The van der Waals surface area contributed by atoms with Gasteiger partial charge in [-0.2, -0.15) is 0 Å². The second-order valence-corrected chi connectivity index (χ2v) is 8.79. The molecule has 2 heterocycles. The molecule has 2 aliphatic rings. The van der Waals surface area contributed by atoms with E-state index in [9.17, 15) is 0 Å². The number of benzene rings is 1. The molecule has 0 unspecified atom stereocenters. The molecule has 0 radical (unpaired) electrons. The van der Waals surface area contributed by atoms with E-state index in [-0.39, 0.29) is 5.41 Å². The van der Waals surface area contributed by atoms with Crippen LogP contribution in [0.1, 0.15) is 51.5 Å². The first-order valence-corrected chi connectivity index (χ1v) is 11.6. The first-order valence-electron chi connectivity index (χ1n) is 11.3. The third kappa shape index (κ3) is 6.34. The number of rotatable bonds is 7. The van der Waals surface area contributed by atoms with Crippen molar-refractivity contribution in [1.82, 2.24) is 15.5 Å². The van der Waals surface area contributed by atoms with E-state index in [0.717, 1.165) is 50.1 Å². The van der Waals surface area contributed by atoms with Gasteiger partial charge in [0, 0.05) is 49.3 Å². The number of ether oxygens (including phenoxy) is 1. The smallest absolute Gasteiger partial charge is 0.191 e. The fraction of sp³-hybridized carbons (Fsp3) is 0.696. The lowest BCUT2D eigenvalue weighted by Crippen LogP contribution is -2.49. The fourth-order valence-electron chi connectivity index (χ4n) is 4.48. The standard InChI is InChI=1S/C23H37ClN4O/c1-3-12-28-13-8-21(9-14-28)27-22(25-4-2)26-18-23(10-15-29-16-11-23)19-6-5-7-20(24)17-19/h5-7,17,21H,3-4,8-16,18H2,1-2H3,(H2,25,26,27). The molecule has 6 heteroatoms. The number of hydrogen-bond donors (Lipinski definition) is 2. The maximum absolute atomic E-state index is 6.31. The van der Waals surface area contributed by atoms with E-state index in [2.05, 4.69) is 41.5 Å². The number of piperidine rings is 1. The summed E-state index contributed by atoms with van der Waals surface area (Å²) in [5.74, 6) is 0.939. The second-order valence-electron chi connectivity index (χ2n) is 8.36. The van der Waals surface area contributed by atoms with Crippen LogP contribution in [-0.4, -0.2) is 62.8 Å². The Morgan fingerprint density at radius 2 is 2.00 bits per heavy atom. The van der Waals surface area contributed by atoms with Gasteiger partial charge in [0.25, 0.3) is 0 Å². The zero-order valence-electron chi connectivity index (χ0n) is 18.1. The molecule has 3 rings (SSSR count). The number of nitrogens with one attached hydrogen (secondary N) is 2. The molecule has 1 aromatic carbocycles. The van der Waals surface area contributed by atoms with Crippen LogP contribution in [0, 0.1) is 0 Å². The van der Waals surface area contributed by atoms with Crippen LogP contribution in [0.2, 0.25) is 5.02 Å². The van der Waals surface area contributed by atoms with Crippen LogP contribution in [0.15, 0.2) is 29.3 Å². The summed E-state index contributed by atoms with van der Waals surface area (Å²) in [6.45, 7) is 11.1. The van der Waals surface area contributed by atoms with E-state index in [0.29, 0.717) is 6.04 Å². The maximum atomic E-state index is 6.31. The van der Waals surface area contributed by atoms with Crippen LogP contribution >= 0.6 is 11.6 Å². The minimum absolute atomic E-state index is 0.00398. The number of hydrogen-bond acceptors (Lipinski definition) is 3. The summed E-state index contributed by atoms with van der Waals surface area (Å²) in [4.78, 5) is 7.61. The van der Waals surface area contributed by atoms with E-state index in [1.54, 1.807) is 0 Å². The van der Waals surface area contributed by atoms with Gasteiger partial charge in [-0.25, -0.2) is 0 Å². The van der Waals surface area contributed by atoms with Gasteiger partial charge in [-0.3, -0.25) is 4.99 Å². The molecule has 0 spiro atoms. The van der Waals surface area contributed by atoms with Crippen molar-refractivity contribution in [2.75, 3.05) is 45.9 Å². The van der Waals surface area contributed by atoms with Crippen LogP contribution in [0.3, 0.4) is 0 Å². The van der Waals surface area contributed by atoms with Gasteiger partial charge in [-0.05, 0) is 63.3 Å². The Balaban J connectivity index is 1.68. The highest BCUT2D eigenvalue weighted by molar-refractivity contribution is 6.30. The van der Waals surface area contributed by atoms with Crippen molar-refractivity contribution in [1.29, 1.82) is 0 Å². The molecule has 0 aliphatic carbocycles. The summed E-state index contributed by atoms with van der Waals surface area (Å²) in [6, 6.07) is 8.78.